The van der Waals surface area contributed by atoms with Gasteiger partial charge in [0.05, 0.1) is 51.0 Å². The molecule has 0 radical (unpaired) electrons. The zero-order chi connectivity index (χ0) is 32.2. The zero-order valence-corrected chi connectivity index (χ0v) is 25.8. The van der Waals surface area contributed by atoms with Crippen LogP contribution in [-0.2, 0) is 0 Å². The summed E-state index contributed by atoms with van der Waals surface area (Å²) in [5.74, 6) is 0. The van der Waals surface area contributed by atoms with Gasteiger partial charge in [-0.2, -0.15) is 10.5 Å². The van der Waals surface area contributed by atoms with Crippen LogP contribution in [0, 0.1) is 22.7 Å². The number of rotatable bonds is 4. The average molecular weight is 611 g/mol. The molecular formula is C44H26N4. The predicted octanol–water partition coefficient (Wildman–Crippen LogP) is 11.0. The fraction of sp³-hybridized carbons (Fsp3) is 0. The van der Waals surface area contributed by atoms with Gasteiger partial charge >= 0.3 is 0 Å². The van der Waals surface area contributed by atoms with Gasteiger partial charge in [0.15, 0.2) is 0 Å². The van der Waals surface area contributed by atoms with Gasteiger partial charge in [0.2, 0.25) is 0 Å². The maximum atomic E-state index is 10.4. The van der Waals surface area contributed by atoms with Crippen LogP contribution in [0.3, 0.4) is 0 Å². The van der Waals surface area contributed by atoms with Gasteiger partial charge in [-0.3, -0.25) is 0 Å². The SMILES string of the molecule is N#Cc1ccc(-n2c3ccccc3c3ccccc32)c(-c2cccc(C#N)c2-c2ccc(-n3c4ccccc4c4ccccc43)cc2)c1. The van der Waals surface area contributed by atoms with Gasteiger partial charge in [-0.05, 0) is 71.8 Å². The molecule has 9 rings (SSSR count). The Kier molecular flexibility index (Phi) is 6.22. The molecule has 0 spiro atoms. The third-order valence-electron chi connectivity index (χ3n) is 9.42. The van der Waals surface area contributed by atoms with Gasteiger partial charge in [0, 0.05) is 38.4 Å². The third-order valence-corrected chi connectivity index (χ3v) is 9.42. The maximum absolute atomic E-state index is 10.4. The van der Waals surface area contributed by atoms with Crippen molar-refractivity contribution >= 4 is 43.6 Å². The summed E-state index contributed by atoms with van der Waals surface area (Å²) >= 11 is 0. The van der Waals surface area contributed by atoms with Gasteiger partial charge in [0.25, 0.3) is 0 Å². The van der Waals surface area contributed by atoms with Crippen molar-refractivity contribution in [2.24, 2.45) is 0 Å². The minimum absolute atomic E-state index is 0.560. The Hall–Kier alpha value is -6.88. The standard InChI is InChI=1S/C44H26N4/c45-27-29-20-25-43(48-41-18-7-3-13-35(41)36-14-4-8-19-42(36)48)38(26-29)37-15-9-10-31(28-46)44(37)30-21-23-32(24-22-30)47-39-16-5-1-11-33(39)34-12-2-6-17-40(34)47/h1-26H. The Balaban J connectivity index is 1.27. The van der Waals surface area contributed by atoms with Crippen LogP contribution in [0.1, 0.15) is 11.1 Å². The molecule has 48 heavy (non-hydrogen) atoms. The summed E-state index contributed by atoms with van der Waals surface area (Å²) in [7, 11) is 0. The number of nitrogens with zero attached hydrogens (tertiary/aromatic N) is 4. The Labute approximate surface area is 277 Å². The largest absolute Gasteiger partial charge is 0.309 e. The molecule has 0 amide bonds. The third kappa shape index (κ3) is 4.07. The van der Waals surface area contributed by atoms with Crippen molar-refractivity contribution < 1.29 is 0 Å². The van der Waals surface area contributed by atoms with Crippen molar-refractivity contribution in [2.45, 2.75) is 0 Å². The minimum atomic E-state index is 0.560. The molecule has 2 aromatic heterocycles. The summed E-state index contributed by atoms with van der Waals surface area (Å²) in [5.41, 5.74) is 11.1. The predicted molar refractivity (Wildman–Crippen MR) is 195 cm³/mol. The molecule has 4 heteroatoms. The number of nitriles is 2. The first-order valence-electron chi connectivity index (χ1n) is 15.9. The number of hydrogen-bond donors (Lipinski definition) is 0. The van der Waals surface area contributed by atoms with E-state index >= 15 is 0 Å². The summed E-state index contributed by atoms with van der Waals surface area (Å²) in [5, 5.41) is 25.2. The molecule has 0 aliphatic heterocycles. The fourth-order valence-corrected chi connectivity index (χ4v) is 7.36. The van der Waals surface area contributed by atoms with E-state index in [4.69, 9.17) is 0 Å². The maximum Gasteiger partial charge on any atom is 0.0998 e. The van der Waals surface area contributed by atoms with Crippen LogP contribution >= 0.6 is 0 Å². The highest BCUT2D eigenvalue weighted by Crippen LogP contribution is 2.42. The van der Waals surface area contributed by atoms with Crippen molar-refractivity contribution in [1.29, 1.82) is 10.5 Å². The molecule has 222 valence electrons. The lowest BCUT2D eigenvalue weighted by Crippen LogP contribution is -2.00. The molecule has 0 fully saturated rings. The van der Waals surface area contributed by atoms with Gasteiger partial charge in [-0.25, -0.2) is 0 Å². The molecule has 0 aliphatic carbocycles. The minimum Gasteiger partial charge on any atom is -0.309 e. The molecule has 9 aromatic rings. The lowest BCUT2D eigenvalue weighted by atomic mass is 9.89. The van der Waals surface area contributed by atoms with Crippen molar-refractivity contribution in [3.63, 3.8) is 0 Å². The molecule has 0 atom stereocenters. The zero-order valence-electron chi connectivity index (χ0n) is 25.8. The van der Waals surface area contributed by atoms with Crippen molar-refractivity contribution in [2.75, 3.05) is 0 Å². The molecule has 0 N–H and O–H groups in total. The molecule has 0 bridgehead atoms. The summed E-state index contributed by atoms with van der Waals surface area (Å²) in [4.78, 5) is 0. The number of aromatic nitrogens is 2. The first-order valence-corrected chi connectivity index (χ1v) is 15.9. The van der Waals surface area contributed by atoms with Crippen LogP contribution in [0.15, 0.2) is 158 Å². The van der Waals surface area contributed by atoms with E-state index in [0.717, 1.165) is 66.5 Å². The molecule has 0 unspecified atom stereocenters. The highest BCUT2D eigenvalue weighted by atomic mass is 15.0. The van der Waals surface area contributed by atoms with E-state index < -0.39 is 0 Å². The van der Waals surface area contributed by atoms with E-state index in [1.165, 1.54) is 10.8 Å². The normalized spacial score (nSPS) is 11.3. The van der Waals surface area contributed by atoms with Crippen molar-refractivity contribution in [3.05, 3.63) is 169 Å². The van der Waals surface area contributed by atoms with E-state index in [9.17, 15) is 10.5 Å². The summed E-state index contributed by atoms with van der Waals surface area (Å²) < 4.78 is 4.57. The van der Waals surface area contributed by atoms with E-state index in [0.29, 0.717) is 11.1 Å². The average Bonchev–Trinajstić information content (AvgIpc) is 3.67. The second-order valence-electron chi connectivity index (χ2n) is 12.0. The highest BCUT2D eigenvalue weighted by Gasteiger charge is 2.20. The van der Waals surface area contributed by atoms with E-state index in [1.807, 2.05) is 30.3 Å². The molecule has 2 heterocycles. The van der Waals surface area contributed by atoms with Crippen LogP contribution in [0.5, 0.6) is 0 Å². The van der Waals surface area contributed by atoms with E-state index in [1.54, 1.807) is 0 Å². The Morgan fingerprint density at radius 2 is 0.938 bits per heavy atom. The topological polar surface area (TPSA) is 57.4 Å². The molecule has 0 saturated heterocycles. The Morgan fingerprint density at radius 1 is 0.417 bits per heavy atom. The summed E-state index contributed by atoms with van der Waals surface area (Å²) in [6, 6.07) is 58.8. The van der Waals surface area contributed by atoms with Crippen LogP contribution in [-0.4, -0.2) is 9.13 Å². The number of fused-ring (bicyclic) bond motifs is 6. The lowest BCUT2D eigenvalue weighted by molar-refractivity contribution is 1.18. The molecule has 0 aliphatic rings. The second kappa shape index (κ2) is 10.9. The number of para-hydroxylation sites is 4. The van der Waals surface area contributed by atoms with E-state index in [-0.39, 0.29) is 0 Å². The van der Waals surface area contributed by atoms with Crippen LogP contribution in [0.2, 0.25) is 0 Å². The van der Waals surface area contributed by atoms with Crippen molar-refractivity contribution in [1.82, 2.24) is 9.13 Å². The van der Waals surface area contributed by atoms with Gasteiger partial charge in [-0.15, -0.1) is 0 Å². The van der Waals surface area contributed by atoms with Gasteiger partial charge in [-0.1, -0.05) is 97.1 Å². The van der Waals surface area contributed by atoms with Gasteiger partial charge < -0.3 is 9.13 Å². The molecule has 0 saturated carbocycles. The molecule has 4 nitrogen and oxygen atoms in total. The van der Waals surface area contributed by atoms with Crippen LogP contribution in [0.4, 0.5) is 0 Å². The first kappa shape index (κ1) is 27.4. The van der Waals surface area contributed by atoms with E-state index in [2.05, 4.69) is 149 Å². The van der Waals surface area contributed by atoms with Crippen molar-refractivity contribution in [3.8, 4) is 45.8 Å². The smallest absolute Gasteiger partial charge is 0.0998 e. The first-order chi connectivity index (χ1) is 23.7. The van der Waals surface area contributed by atoms with Gasteiger partial charge in [0.1, 0.15) is 0 Å². The quantitative estimate of drug-likeness (QED) is 0.199. The Morgan fingerprint density at radius 3 is 1.46 bits per heavy atom. The fourth-order valence-electron chi connectivity index (χ4n) is 7.36. The number of benzene rings is 7. The second-order valence-corrected chi connectivity index (χ2v) is 12.0. The summed E-state index contributed by atoms with van der Waals surface area (Å²) in [6.07, 6.45) is 0. The Bertz CT molecular complexity index is 2690. The molecule has 7 aromatic carbocycles. The summed E-state index contributed by atoms with van der Waals surface area (Å²) in [6.45, 7) is 0. The number of hydrogen-bond acceptors (Lipinski definition) is 2. The monoisotopic (exact) mass is 610 g/mol. The lowest BCUT2D eigenvalue weighted by Gasteiger charge is -2.18. The molecular weight excluding hydrogens is 585 g/mol. The van der Waals surface area contributed by atoms with Crippen LogP contribution in [0.25, 0.3) is 77.2 Å². The highest BCUT2D eigenvalue weighted by molar-refractivity contribution is 6.10. The van der Waals surface area contributed by atoms with Crippen LogP contribution < -0.4 is 0 Å².